The normalized spacial score (nSPS) is 10.6. The summed E-state index contributed by atoms with van der Waals surface area (Å²) in [6.07, 6.45) is 0.976. The van der Waals surface area contributed by atoms with E-state index in [2.05, 4.69) is 35.6 Å². The van der Waals surface area contributed by atoms with E-state index >= 15 is 0 Å². The zero-order valence-electron chi connectivity index (χ0n) is 14.1. The van der Waals surface area contributed by atoms with Crippen molar-refractivity contribution in [2.75, 3.05) is 6.54 Å². The molecule has 0 spiro atoms. The quantitative estimate of drug-likeness (QED) is 0.559. The summed E-state index contributed by atoms with van der Waals surface area (Å²) >= 11 is 5.91. The van der Waals surface area contributed by atoms with Crippen LogP contribution in [0.1, 0.15) is 16.7 Å². The number of para-hydroxylation sites is 1. The third-order valence-corrected chi connectivity index (χ3v) is 4.28. The molecule has 0 aliphatic rings. The summed E-state index contributed by atoms with van der Waals surface area (Å²) in [7, 11) is 0. The van der Waals surface area contributed by atoms with Gasteiger partial charge in [0, 0.05) is 17.1 Å². The molecule has 0 amide bonds. The fourth-order valence-corrected chi connectivity index (χ4v) is 2.76. The Morgan fingerprint density at radius 3 is 2.28 bits per heavy atom. The third kappa shape index (κ3) is 5.63. The number of benzene rings is 3. The first-order chi connectivity index (χ1) is 12.3. The first-order valence-electron chi connectivity index (χ1n) is 8.51. The van der Waals surface area contributed by atoms with Gasteiger partial charge in [0.05, 0.1) is 0 Å². The van der Waals surface area contributed by atoms with Crippen LogP contribution in [-0.4, -0.2) is 6.54 Å². The van der Waals surface area contributed by atoms with Crippen molar-refractivity contribution in [1.29, 1.82) is 0 Å². The molecule has 3 aromatic rings. The van der Waals surface area contributed by atoms with E-state index in [-0.39, 0.29) is 0 Å². The van der Waals surface area contributed by atoms with Crippen LogP contribution in [0, 0.1) is 0 Å². The fraction of sp³-hybridized carbons (Fsp3) is 0.182. The van der Waals surface area contributed by atoms with Crippen molar-refractivity contribution < 1.29 is 4.74 Å². The lowest BCUT2D eigenvalue weighted by Gasteiger charge is -2.12. The molecule has 0 unspecified atom stereocenters. The second kappa shape index (κ2) is 9.26. The largest absolute Gasteiger partial charge is 0.489 e. The molecule has 2 nitrogen and oxygen atoms in total. The zero-order chi connectivity index (χ0) is 17.3. The van der Waals surface area contributed by atoms with Crippen LogP contribution in [-0.2, 0) is 19.6 Å². The Balaban J connectivity index is 1.49. The van der Waals surface area contributed by atoms with E-state index in [1.807, 2.05) is 48.5 Å². The van der Waals surface area contributed by atoms with Crippen LogP contribution in [0.5, 0.6) is 5.75 Å². The lowest BCUT2D eigenvalue weighted by Crippen LogP contribution is -2.17. The molecule has 128 valence electrons. The van der Waals surface area contributed by atoms with E-state index in [0.29, 0.717) is 6.61 Å². The summed E-state index contributed by atoms with van der Waals surface area (Å²) in [5.41, 5.74) is 3.63. The van der Waals surface area contributed by atoms with Gasteiger partial charge in [0.25, 0.3) is 0 Å². The molecular weight excluding hydrogens is 330 g/mol. The molecule has 0 fully saturated rings. The SMILES string of the molecule is Clc1ccc(CCNCc2ccccc2OCc2ccccc2)cc1. The lowest BCUT2D eigenvalue weighted by molar-refractivity contribution is 0.302. The number of hydrogen-bond donors (Lipinski definition) is 1. The Kier molecular flexibility index (Phi) is 6.49. The van der Waals surface area contributed by atoms with Gasteiger partial charge in [-0.3, -0.25) is 0 Å². The first-order valence-corrected chi connectivity index (χ1v) is 8.89. The Morgan fingerprint density at radius 2 is 1.48 bits per heavy atom. The number of nitrogens with one attached hydrogen (secondary N) is 1. The fourth-order valence-electron chi connectivity index (χ4n) is 2.63. The van der Waals surface area contributed by atoms with Gasteiger partial charge in [-0.25, -0.2) is 0 Å². The molecule has 0 heterocycles. The van der Waals surface area contributed by atoms with E-state index in [4.69, 9.17) is 16.3 Å². The highest BCUT2D eigenvalue weighted by molar-refractivity contribution is 6.30. The predicted octanol–water partition coefficient (Wildman–Crippen LogP) is 5.25. The van der Waals surface area contributed by atoms with Gasteiger partial charge in [0.2, 0.25) is 0 Å². The van der Waals surface area contributed by atoms with Crippen molar-refractivity contribution in [3.63, 3.8) is 0 Å². The summed E-state index contributed by atoms with van der Waals surface area (Å²) < 4.78 is 6.00. The standard InChI is InChI=1S/C22H22ClNO/c23-21-12-10-18(11-13-21)14-15-24-16-20-8-4-5-9-22(20)25-17-19-6-2-1-3-7-19/h1-13,24H,14-17H2. The summed E-state index contributed by atoms with van der Waals surface area (Å²) in [5, 5.41) is 4.27. The summed E-state index contributed by atoms with van der Waals surface area (Å²) in [6, 6.07) is 26.4. The molecule has 0 radical (unpaired) electrons. The Morgan fingerprint density at radius 1 is 0.760 bits per heavy atom. The molecule has 0 aliphatic heterocycles. The summed E-state index contributed by atoms with van der Waals surface area (Å²) in [5.74, 6) is 0.936. The van der Waals surface area contributed by atoms with Crippen molar-refractivity contribution in [1.82, 2.24) is 5.32 Å². The molecule has 0 aliphatic carbocycles. The van der Waals surface area contributed by atoms with Crippen LogP contribution in [0.25, 0.3) is 0 Å². The van der Waals surface area contributed by atoms with E-state index in [1.54, 1.807) is 0 Å². The molecule has 3 rings (SSSR count). The maximum Gasteiger partial charge on any atom is 0.124 e. The highest BCUT2D eigenvalue weighted by Gasteiger charge is 2.03. The van der Waals surface area contributed by atoms with Gasteiger partial charge in [0.1, 0.15) is 12.4 Å². The smallest absolute Gasteiger partial charge is 0.124 e. The summed E-state index contributed by atoms with van der Waals surface area (Å²) in [4.78, 5) is 0. The number of halogens is 1. The van der Waals surface area contributed by atoms with Gasteiger partial charge in [-0.1, -0.05) is 72.3 Å². The highest BCUT2D eigenvalue weighted by Crippen LogP contribution is 2.19. The van der Waals surface area contributed by atoms with Gasteiger partial charge >= 0.3 is 0 Å². The van der Waals surface area contributed by atoms with Gasteiger partial charge in [-0.2, -0.15) is 0 Å². The molecule has 25 heavy (non-hydrogen) atoms. The van der Waals surface area contributed by atoms with E-state index < -0.39 is 0 Å². The highest BCUT2D eigenvalue weighted by atomic mass is 35.5. The van der Waals surface area contributed by atoms with Gasteiger partial charge in [0.15, 0.2) is 0 Å². The molecule has 3 aromatic carbocycles. The average Bonchev–Trinajstić information content (AvgIpc) is 2.66. The first kappa shape index (κ1) is 17.5. The maximum absolute atomic E-state index is 6.00. The van der Waals surface area contributed by atoms with E-state index in [1.165, 1.54) is 16.7 Å². The molecule has 3 heteroatoms. The molecule has 0 atom stereocenters. The molecule has 0 saturated carbocycles. The van der Waals surface area contributed by atoms with Crippen LogP contribution in [0.4, 0.5) is 0 Å². The minimum atomic E-state index is 0.586. The van der Waals surface area contributed by atoms with E-state index in [0.717, 1.165) is 30.3 Å². The minimum absolute atomic E-state index is 0.586. The van der Waals surface area contributed by atoms with Crippen LogP contribution in [0.2, 0.25) is 5.02 Å². The molecule has 0 aromatic heterocycles. The van der Waals surface area contributed by atoms with Crippen molar-refractivity contribution in [2.24, 2.45) is 0 Å². The molecule has 0 saturated heterocycles. The van der Waals surface area contributed by atoms with Crippen molar-refractivity contribution >= 4 is 11.6 Å². The van der Waals surface area contributed by atoms with Crippen LogP contribution >= 0.6 is 11.6 Å². The molecule has 0 bridgehead atoms. The minimum Gasteiger partial charge on any atom is -0.489 e. The number of ether oxygens (including phenoxy) is 1. The Labute approximate surface area is 154 Å². The second-order valence-corrected chi connectivity index (χ2v) is 6.37. The Hall–Kier alpha value is -2.29. The van der Waals surface area contributed by atoms with Crippen LogP contribution < -0.4 is 10.1 Å². The predicted molar refractivity (Wildman–Crippen MR) is 104 cm³/mol. The van der Waals surface area contributed by atoms with Gasteiger partial charge in [-0.15, -0.1) is 0 Å². The molecule has 1 N–H and O–H groups in total. The summed E-state index contributed by atoms with van der Waals surface area (Å²) in [6.45, 7) is 2.29. The third-order valence-electron chi connectivity index (χ3n) is 4.03. The van der Waals surface area contributed by atoms with Crippen molar-refractivity contribution in [3.8, 4) is 5.75 Å². The van der Waals surface area contributed by atoms with Crippen LogP contribution in [0.15, 0.2) is 78.9 Å². The van der Waals surface area contributed by atoms with Crippen molar-refractivity contribution in [3.05, 3.63) is 101 Å². The lowest BCUT2D eigenvalue weighted by atomic mass is 10.1. The second-order valence-electron chi connectivity index (χ2n) is 5.94. The monoisotopic (exact) mass is 351 g/mol. The van der Waals surface area contributed by atoms with Gasteiger partial charge < -0.3 is 10.1 Å². The van der Waals surface area contributed by atoms with Crippen LogP contribution in [0.3, 0.4) is 0 Å². The zero-order valence-corrected chi connectivity index (χ0v) is 14.9. The average molecular weight is 352 g/mol. The topological polar surface area (TPSA) is 21.3 Å². The number of rotatable bonds is 8. The Bertz CT molecular complexity index is 772. The molecular formula is C22H22ClNO. The van der Waals surface area contributed by atoms with Crippen molar-refractivity contribution in [2.45, 2.75) is 19.6 Å². The van der Waals surface area contributed by atoms with E-state index in [9.17, 15) is 0 Å². The maximum atomic E-state index is 6.00. The van der Waals surface area contributed by atoms with Gasteiger partial charge in [-0.05, 0) is 42.3 Å². The number of hydrogen-bond acceptors (Lipinski definition) is 2.